The van der Waals surface area contributed by atoms with Gasteiger partial charge in [0.1, 0.15) is 6.54 Å². The second kappa shape index (κ2) is 10.8. The van der Waals surface area contributed by atoms with Crippen molar-refractivity contribution in [3.05, 3.63) is 59.7 Å². The Morgan fingerprint density at radius 1 is 1.00 bits per heavy atom. The number of rotatable bonds is 9. The fourth-order valence-corrected chi connectivity index (χ4v) is 3.75. The number of carbonyl (C=O) groups excluding carboxylic acids is 2. The number of halogens is 3. The molecule has 2 N–H and O–H groups in total. The quantitative estimate of drug-likeness (QED) is 0.567. The van der Waals surface area contributed by atoms with E-state index in [1.165, 1.54) is 44.4 Å². The molecule has 0 heterocycles. The molecule has 0 saturated carbocycles. The van der Waals surface area contributed by atoms with Gasteiger partial charge in [0.25, 0.3) is 5.91 Å². The minimum absolute atomic E-state index is 0.00151. The molecule has 180 valence electrons. The number of hydrogen-bond acceptors (Lipinski definition) is 5. The average Bonchev–Trinajstić information content (AvgIpc) is 2.71. The molecular formula is C21H25F3N4O4S. The largest absolute Gasteiger partial charge is 0.405 e. The van der Waals surface area contributed by atoms with Crippen molar-refractivity contribution in [1.82, 2.24) is 14.5 Å². The van der Waals surface area contributed by atoms with Crippen LogP contribution < -0.4 is 10.6 Å². The summed E-state index contributed by atoms with van der Waals surface area (Å²) >= 11 is 0. The van der Waals surface area contributed by atoms with Crippen molar-refractivity contribution in [2.75, 3.05) is 39.5 Å². The van der Waals surface area contributed by atoms with Gasteiger partial charge in [-0.2, -0.15) is 13.2 Å². The van der Waals surface area contributed by atoms with Gasteiger partial charge in [0, 0.05) is 31.9 Å². The highest BCUT2D eigenvalue weighted by atomic mass is 32.2. The Morgan fingerprint density at radius 3 is 2.21 bits per heavy atom. The van der Waals surface area contributed by atoms with Crippen LogP contribution in [0.15, 0.2) is 53.4 Å². The molecule has 0 aliphatic rings. The summed E-state index contributed by atoms with van der Waals surface area (Å²) in [5.74, 6) is -1.19. The van der Waals surface area contributed by atoms with Crippen LogP contribution in [-0.2, 0) is 21.4 Å². The Bertz CT molecular complexity index is 1090. The molecule has 0 aliphatic carbocycles. The third-order valence-corrected chi connectivity index (χ3v) is 6.24. The lowest BCUT2D eigenvalue weighted by Gasteiger charge is -2.17. The number of sulfonamides is 1. The fraction of sp³-hybridized carbons (Fsp3) is 0.333. The van der Waals surface area contributed by atoms with Crippen molar-refractivity contribution < 1.29 is 31.2 Å². The van der Waals surface area contributed by atoms with Gasteiger partial charge in [0.15, 0.2) is 0 Å². The zero-order valence-corrected chi connectivity index (χ0v) is 19.1. The molecule has 8 nitrogen and oxygen atoms in total. The zero-order valence-electron chi connectivity index (χ0n) is 18.3. The SMILES string of the molecule is CN(CC(=O)Nc1cccc(S(=O)(=O)N(C)C)c1)Cc1ccc(C(=O)NCC(F)(F)F)cc1. The first-order valence-corrected chi connectivity index (χ1v) is 11.2. The lowest BCUT2D eigenvalue weighted by Crippen LogP contribution is -2.33. The molecule has 0 spiro atoms. The van der Waals surface area contributed by atoms with Crippen LogP contribution in [0.25, 0.3) is 0 Å². The Balaban J connectivity index is 1.91. The highest BCUT2D eigenvalue weighted by molar-refractivity contribution is 7.89. The fourth-order valence-electron chi connectivity index (χ4n) is 2.80. The maximum absolute atomic E-state index is 12.3. The summed E-state index contributed by atoms with van der Waals surface area (Å²) < 4.78 is 62.1. The number of benzene rings is 2. The van der Waals surface area contributed by atoms with Gasteiger partial charge >= 0.3 is 6.18 Å². The Morgan fingerprint density at radius 2 is 1.64 bits per heavy atom. The standard InChI is InChI=1S/C21H25F3N4O4S/c1-27(2)33(31,32)18-6-4-5-17(11-18)26-19(29)13-28(3)12-15-7-9-16(10-8-15)20(30)25-14-21(22,23)24/h4-11H,12-14H2,1-3H3,(H,25,30)(H,26,29). The second-order valence-corrected chi connectivity index (χ2v) is 9.68. The van der Waals surface area contributed by atoms with Crippen molar-refractivity contribution in [2.24, 2.45) is 0 Å². The first-order valence-electron chi connectivity index (χ1n) is 9.73. The molecule has 12 heteroatoms. The predicted molar refractivity (Wildman–Crippen MR) is 117 cm³/mol. The Hall–Kier alpha value is -2.96. The maximum Gasteiger partial charge on any atom is 0.405 e. The molecule has 2 aromatic rings. The molecule has 33 heavy (non-hydrogen) atoms. The summed E-state index contributed by atoms with van der Waals surface area (Å²) in [5.41, 5.74) is 1.18. The van der Waals surface area contributed by atoms with E-state index in [2.05, 4.69) is 5.32 Å². The average molecular weight is 487 g/mol. The summed E-state index contributed by atoms with van der Waals surface area (Å²) in [7, 11) is 0.886. The lowest BCUT2D eigenvalue weighted by molar-refractivity contribution is -0.123. The van der Waals surface area contributed by atoms with E-state index in [1.807, 2.05) is 0 Å². The summed E-state index contributed by atoms with van der Waals surface area (Å²) in [6.45, 7) is -1.07. The molecule has 0 bridgehead atoms. The number of nitrogens with zero attached hydrogens (tertiary/aromatic N) is 2. The molecular weight excluding hydrogens is 461 g/mol. The zero-order chi connectivity index (χ0) is 24.8. The summed E-state index contributed by atoms with van der Waals surface area (Å²) in [6.07, 6.45) is -4.49. The molecule has 0 aromatic heterocycles. The molecule has 0 atom stereocenters. The van der Waals surface area contributed by atoms with E-state index < -0.39 is 28.7 Å². The van der Waals surface area contributed by atoms with Crippen LogP contribution in [0.4, 0.5) is 18.9 Å². The van der Waals surface area contributed by atoms with Crippen LogP contribution in [0.5, 0.6) is 0 Å². The van der Waals surface area contributed by atoms with E-state index in [-0.39, 0.29) is 22.9 Å². The van der Waals surface area contributed by atoms with Crippen molar-refractivity contribution >= 4 is 27.5 Å². The third kappa shape index (κ3) is 8.15. The minimum Gasteiger partial charge on any atom is -0.343 e. The first-order chi connectivity index (χ1) is 15.3. The van der Waals surface area contributed by atoms with Crippen molar-refractivity contribution in [2.45, 2.75) is 17.6 Å². The number of nitrogens with one attached hydrogen (secondary N) is 2. The minimum atomic E-state index is -4.49. The number of likely N-dealkylation sites (N-methyl/N-ethyl adjacent to an activating group) is 1. The number of anilines is 1. The van der Waals surface area contributed by atoms with E-state index >= 15 is 0 Å². The number of alkyl halides is 3. The van der Waals surface area contributed by atoms with Gasteiger partial charge in [-0.05, 0) is 42.9 Å². The first kappa shape index (κ1) is 26.3. The highest BCUT2D eigenvalue weighted by Crippen LogP contribution is 2.18. The van der Waals surface area contributed by atoms with Crippen LogP contribution in [0.3, 0.4) is 0 Å². The molecule has 0 aliphatic heterocycles. The van der Waals surface area contributed by atoms with Crippen LogP contribution in [0, 0.1) is 0 Å². The predicted octanol–water partition coefficient (Wildman–Crippen LogP) is 2.30. The van der Waals surface area contributed by atoms with Crippen LogP contribution in [0.2, 0.25) is 0 Å². The van der Waals surface area contributed by atoms with Gasteiger partial charge in [-0.1, -0.05) is 18.2 Å². The number of amides is 2. The smallest absolute Gasteiger partial charge is 0.343 e. The topological polar surface area (TPSA) is 98.8 Å². The van der Waals surface area contributed by atoms with Crippen LogP contribution in [0.1, 0.15) is 15.9 Å². The Kier molecular flexibility index (Phi) is 8.58. The van der Waals surface area contributed by atoms with Gasteiger partial charge < -0.3 is 10.6 Å². The third-order valence-electron chi connectivity index (χ3n) is 4.43. The second-order valence-electron chi connectivity index (χ2n) is 7.53. The summed E-state index contributed by atoms with van der Waals surface area (Å²) in [6, 6.07) is 11.9. The normalized spacial score (nSPS) is 12.1. The van der Waals surface area contributed by atoms with E-state index in [1.54, 1.807) is 35.5 Å². The number of carbonyl (C=O) groups is 2. The van der Waals surface area contributed by atoms with Crippen molar-refractivity contribution in [1.29, 1.82) is 0 Å². The van der Waals surface area contributed by atoms with Crippen molar-refractivity contribution in [3.63, 3.8) is 0 Å². The van der Waals surface area contributed by atoms with E-state index in [4.69, 9.17) is 0 Å². The molecule has 0 fully saturated rings. The van der Waals surface area contributed by atoms with Gasteiger partial charge in [-0.3, -0.25) is 14.5 Å². The summed E-state index contributed by atoms with van der Waals surface area (Å²) in [4.78, 5) is 25.8. The molecule has 0 unspecified atom stereocenters. The van der Waals surface area contributed by atoms with Crippen LogP contribution >= 0.6 is 0 Å². The van der Waals surface area contributed by atoms with Gasteiger partial charge in [-0.25, -0.2) is 12.7 Å². The monoisotopic (exact) mass is 486 g/mol. The van der Waals surface area contributed by atoms with E-state index in [9.17, 15) is 31.2 Å². The molecule has 2 amide bonds. The van der Waals surface area contributed by atoms with E-state index in [0.717, 1.165) is 9.87 Å². The molecule has 0 saturated heterocycles. The number of hydrogen-bond donors (Lipinski definition) is 2. The van der Waals surface area contributed by atoms with Gasteiger partial charge in [0.05, 0.1) is 11.4 Å². The molecule has 2 rings (SSSR count). The van der Waals surface area contributed by atoms with Crippen molar-refractivity contribution in [3.8, 4) is 0 Å². The van der Waals surface area contributed by atoms with Crippen LogP contribution in [-0.4, -0.2) is 69.8 Å². The molecule has 2 aromatic carbocycles. The molecule has 0 radical (unpaired) electrons. The van der Waals surface area contributed by atoms with Gasteiger partial charge in [0.2, 0.25) is 15.9 Å². The maximum atomic E-state index is 12.3. The lowest BCUT2D eigenvalue weighted by atomic mass is 10.1. The highest BCUT2D eigenvalue weighted by Gasteiger charge is 2.27. The van der Waals surface area contributed by atoms with E-state index in [0.29, 0.717) is 12.2 Å². The summed E-state index contributed by atoms with van der Waals surface area (Å²) in [5, 5.41) is 4.45. The van der Waals surface area contributed by atoms with Gasteiger partial charge in [-0.15, -0.1) is 0 Å². The Labute approximate surface area is 190 Å².